The Hall–Kier alpha value is -4.05. The molecule has 0 radical (unpaired) electrons. The van der Waals surface area contributed by atoms with E-state index in [1.54, 1.807) is 50.5 Å². The quantitative estimate of drug-likeness (QED) is 0.408. The second-order valence-corrected chi connectivity index (χ2v) is 11.7. The Kier molecular flexibility index (Phi) is 8.05. The van der Waals surface area contributed by atoms with Crippen LogP contribution in [0.1, 0.15) is 37.7 Å². The standard InChI is InChI=1S/C33H39N3O7/c1-40-23-12-10-22(11-13-23)34-30(37)27-25-15-17-33(43-25)28(27)32(39)36(29(33)31(38)35-21-7-5-4-6-8-21)18-16-20-9-14-24(41-2)26(19-20)42-3/h9-15,17,19,21,25,27-29H,4-8,16,18H2,1-3H3,(H,34,37)(H,35,38)/t25-,27-,28-,29-,33-/m0/s1. The molecule has 1 spiro atoms. The first-order valence-corrected chi connectivity index (χ1v) is 15.0. The number of benzene rings is 2. The third kappa shape index (κ3) is 5.22. The molecule has 2 N–H and O–H groups in total. The highest BCUT2D eigenvalue weighted by Gasteiger charge is 2.72. The lowest BCUT2D eigenvalue weighted by Crippen LogP contribution is -2.56. The van der Waals surface area contributed by atoms with Crippen LogP contribution in [-0.2, 0) is 25.5 Å². The van der Waals surface area contributed by atoms with Gasteiger partial charge in [-0.25, -0.2) is 0 Å². The van der Waals surface area contributed by atoms with Crippen molar-refractivity contribution in [3.05, 3.63) is 60.2 Å². The van der Waals surface area contributed by atoms with E-state index < -0.39 is 29.6 Å². The number of hydrogen-bond donors (Lipinski definition) is 2. The van der Waals surface area contributed by atoms with Gasteiger partial charge in [0.05, 0.1) is 39.3 Å². The van der Waals surface area contributed by atoms with E-state index in [-0.39, 0.29) is 30.3 Å². The van der Waals surface area contributed by atoms with Crippen LogP contribution in [0.5, 0.6) is 17.2 Å². The Balaban J connectivity index is 1.28. The van der Waals surface area contributed by atoms with Crippen LogP contribution < -0.4 is 24.8 Å². The van der Waals surface area contributed by atoms with Crippen molar-refractivity contribution in [3.8, 4) is 17.2 Å². The fourth-order valence-electron chi connectivity index (χ4n) is 7.22. The topological polar surface area (TPSA) is 115 Å². The van der Waals surface area contributed by atoms with Gasteiger partial charge in [0.15, 0.2) is 11.5 Å². The van der Waals surface area contributed by atoms with E-state index >= 15 is 0 Å². The molecule has 3 aliphatic heterocycles. The van der Waals surface area contributed by atoms with Crippen molar-refractivity contribution >= 4 is 23.4 Å². The van der Waals surface area contributed by atoms with Gasteiger partial charge in [-0.2, -0.15) is 0 Å². The number of fused-ring (bicyclic) bond motifs is 1. The van der Waals surface area contributed by atoms with E-state index in [4.69, 9.17) is 18.9 Å². The summed E-state index contributed by atoms with van der Waals surface area (Å²) in [5.74, 6) is -0.483. The normalized spacial score (nSPS) is 27.6. The predicted molar refractivity (Wildman–Crippen MR) is 159 cm³/mol. The predicted octanol–water partition coefficient (Wildman–Crippen LogP) is 3.49. The third-order valence-electron chi connectivity index (χ3n) is 9.32. The Bertz CT molecular complexity index is 1400. The highest BCUT2D eigenvalue weighted by Crippen LogP contribution is 2.55. The van der Waals surface area contributed by atoms with Crippen molar-refractivity contribution in [1.82, 2.24) is 10.2 Å². The van der Waals surface area contributed by atoms with E-state index in [2.05, 4.69) is 10.6 Å². The first-order chi connectivity index (χ1) is 20.9. The Morgan fingerprint density at radius 1 is 0.953 bits per heavy atom. The zero-order valence-corrected chi connectivity index (χ0v) is 24.8. The zero-order valence-electron chi connectivity index (χ0n) is 24.8. The van der Waals surface area contributed by atoms with Crippen LogP contribution in [0.2, 0.25) is 0 Å². The number of amides is 3. The Labute approximate surface area is 251 Å². The van der Waals surface area contributed by atoms with E-state index in [1.165, 1.54) is 0 Å². The summed E-state index contributed by atoms with van der Waals surface area (Å²) < 4.78 is 22.5. The zero-order chi connectivity index (χ0) is 30.1. The number of rotatable bonds is 10. The molecule has 10 nitrogen and oxygen atoms in total. The number of carbonyl (C=O) groups is 3. The van der Waals surface area contributed by atoms with E-state index in [9.17, 15) is 14.4 Å². The van der Waals surface area contributed by atoms with Crippen molar-refractivity contribution < 1.29 is 33.3 Å². The average Bonchev–Trinajstić information content (AvgIpc) is 3.67. The minimum absolute atomic E-state index is 0.0660. The van der Waals surface area contributed by atoms with Crippen LogP contribution >= 0.6 is 0 Å². The summed E-state index contributed by atoms with van der Waals surface area (Å²) in [6.07, 6.45) is 8.70. The van der Waals surface area contributed by atoms with Gasteiger partial charge < -0.3 is 34.5 Å². The molecule has 1 saturated carbocycles. The second-order valence-electron chi connectivity index (χ2n) is 11.7. The van der Waals surface area contributed by atoms with Gasteiger partial charge in [-0.1, -0.05) is 37.5 Å². The minimum atomic E-state index is -1.21. The molecule has 2 aromatic rings. The molecule has 3 fully saturated rings. The molecule has 2 aromatic carbocycles. The molecule has 2 bridgehead atoms. The minimum Gasteiger partial charge on any atom is -0.497 e. The number of nitrogens with zero attached hydrogens (tertiary/aromatic N) is 1. The lowest BCUT2D eigenvalue weighted by Gasteiger charge is -2.34. The molecule has 5 atom stereocenters. The average molecular weight is 590 g/mol. The molecular formula is C33H39N3O7. The van der Waals surface area contributed by atoms with Gasteiger partial charge in [-0.3, -0.25) is 14.4 Å². The van der Waals surface area contributed by atoms with Gasteiger partial charge in [0.1, 0.15) is 17.4 Å². The van der Waals surface area contributed by atoms with Gasteiger partial charge in [-0.05, 0) is 61.2 Å². The fraction of sp³-hybridized carbons (Fsp3) is 0.485. The van der Waals surface area contributed by atoms with Gasteiger partial charge in [-0.15, -0.1) is 0 Å². The first kappa shape index (κ1) is 29.0. The maximum absolute atomic E-state index is 14.3. The van der Waals surface area contributed by atoms with E-state index in [0.29, 0.717) is 29.4 Å². The molecule has 6 rings (SSSR count). The smallest absolute Gasteiger partial charge is 0.246 e. The number of hydrogen-bond acceptors (Lipinski definition) is 7. The van der Waals surface area contributed by atoms with Crippen molar-refractivity contribution in [1.29, 1.82) is 0 Å². The second kappa shape index (κ2) is 11.9. The lowest BCUT2D eigenvalue weighted by molar-refractivity contribution is -0.141. The maximum atomic E-state index is 14.3. The molecule has 4 aliphatic rings. The van der Waals surface area contributed by atoms with Gasteiger partial charge in [0.25, 0.3) is 0 Å². The summed E-state index contributed by atoms with van der Waals surface area (Å²) in [6, 6.07) is 11.8. The molecule has 3 heterocycles. The number of anilines is 1. The third-order valence-corrected chi connectivity index (χ3v) is 9.32. The fourth-order valence-corrected chi connectivity index (χ4v) is 7.22. The monoisotopic (exact) mass is 589 g/mol. The summed E-state index contributed by atoms with van der Waals surface area (Å²) in [6.45, 7) is 0.282. The van der Waals surface area contributed by atoms with E-state index in [0.717, 1.165) is 37.7 Å². The first-order valence-electron chi connectivity index (χ1n) is 15.0. The molecule has 0 aromatic heterocycles. The summed E-state index contributed by atoms with van der Waals surface area (Å²) in [4.78, 5) is 43.6. The molecule has 10 heteroatoms. The summed E-state index contributed by atoms with van der Waals surface area (Å²) in [7, 11) is 4.74. The van der Waals surface area contributed by atoms with Gasteiger partial charge in [0.2, 0.25) is 17.7 Å². The summed E-state index contributed by atoms with van der Waals surface area (Å²) >= 11 is 0. The number of likely N-dealkylation sites (tertiary alicyclic amines) is 1. The SMILES string of the molecule is COc1ccc(NC(=O)[C@H]2[C@@H]3C=C[C@]4(O3)[C@@H]2C(=O)N(CCc2ccc(OC)c(OC)c2)[C@H]4C(=O)NC2CCCCC2)cc1. The molecule has 1 aliphatic carbocycles. The van der Waals surface area contributed by atoms with Crippen molar-refractivity contribution in [2.24, 2.45) is 11.8 Å². The lowest BCUT2D eigenvalue weighted by atomic mass is 9.74. The molecule has 0 unspecified atom stereocenters. The van der Waals surface area contributed by atoms with E-state index in [1.807, 2.05) is 30.4 Å². The number of ether oxygens (including phenoxy) is 4. The van der Waals surface area contributed by atoms with Crippen LogP contribution in [0, 0.1) is 11.8 Å². The molecule has 228 valence electrons. The largest absolute Gasteiger partial charge is 0.497 e. The van der Waals surface area contributed by atoms with Crippen LogP contribution in [0.15, 0.2) is 54.6 Å². The Morgan fingerprint density at radius 2 is 1.70 bits per heavy atom. The summed E-state index contributed by atoms with van der Waals surface area (Å²) in [5.41, 5.74) is 0.315. The number of methoxy groups -OCH3 is 3. The van der Waals surface area contributed by atoms with Gasteiger partial charge in [0, 0.05) is 18.3 Å². The molecular weight excluding hydrogens is 550 g/mol. The van der Waals surface area contributed by atoms with Gasteiger partial charge >= 0.3 is 0 Å². The summed E-state index contributed by atoms with van der Waals surface area (Å²) in [5, 5.41) is 6.18. The van der Waals surface area contributed by atoms with Crippen LogP contribution in [0.25, 0.3) is 0 Å². The molecule has 43 heavy (non-hydrogen) atoms. The maximum Gasteiger partial charge on any atom is 0.246 e. The van der Waals surface area contributed by atoms with Crippen LogP contribution in [0.4, 0.5) is 5.69 Å². The number of nitrogens with one attached hydrogen (secondary N) is 2. The van der Waals surface area contributed by atoms with Crippen molar-refractivity contribution in [3.63, 3.8) is 0 Å². The molecule has 3 amide bonds. The van der Waals surface area contributed by atoms with Crippen LogP contribution in [-0.4, -0.2) is 74.3 Å². The highest BCUT2D eigenvalue weighted by atomic mass is 16.5. The molecule has 2 saturated heterocycles. The Morgan fingerprint density at radius 3 is 2.40 bits per heavy atom. The van der Waals surface area contributed by atoms with Crippen molar-refractivity contribution in [2.45, 2.75) is 62.3 Å². The van der Waals surface area contributed by atoms with Crippen molar-refractivity contribution in [2.75, 3.05) is 33.2 Å². The highest BCUT2D eigenvalue weighted by molar-refractivity contribution is 6.02. The number of carbonyl (C=O) groups excluding carboxylic acids is 3. The van der Waals surface area contributed by atoms with Crippen LogP contribution in [0.3, 0.4) is 0 Å².